The number of nitrogens with one attached hydrogen (secondary N) is 2. The van der Waals surface area contributed by atoms with Crippen molar-refractivity contribution in [3.63, 3.8) is 0 Å². The molecule has 0 aliphatic carbocycles. The Bertz CT molecular complexity index is 1030. The maximum absolute atomic E-state index is 13.4. The van der Waals surface area contributed by atoms with Crippen LogP contribution in [-0.2, 0) is 4.79 Å². The van der Waals surface area contributed by atoms with Gasteiger partial charge in [0.2, 0.25) is 5.91 Å². The number of rotatable bonds is 7. The number of halogens is 1. The maximum Gasteiger partial charge on any atom is 0.251 e. The van der Waals surface area contributed by atoms with Crippen LogP contribution < -0.4 is 15.4 Å². The number of nitrogens with zero attached hydrogens (tertiary/aromatic N) is 1. The highest BCUT2D eigenvalue weighted by Gasteiger charge is 2.25. The zero-order chi connectivity index (χ0) is 21.7. The second kappa shape index (κ2) is 9.49. The van der Waals surface area contributed by atoms with Gasteiger partial charge in [-0.15, -0.1) is 11.3 Å². The molecule has 3 aromatic rings. The number of anilines is 1. The molecule has 1 aromatic heterocycles. The summed E-state index contributed by atoms with van der Waals surface area (Å²) in [6, 6.07) is 12.0. The molecule has 30 heavy (non-hydrogen) atoms. The summed E-state index contributed by atoms with van der Waals surface area (Å²) in [6.45, 7) is 3.69. The Labute approximate surface area is 178 Å². The Morgan fingerprint density at radius 3 is 2.50 bits per heavy atom. The lowest BCUT2D eigenvalue weighted by molar-refractivity contribution is -0.118. The van der Waals surface area contributed by atoms with Gasteiger partial charge in [-0.25, -0.2) is 9.37 Å². The number of ether oxygens (including phenoxy) is 1. The molecule has 156 valence electrons. The molecule has 0 aliphatic rings. The second-order valence-electron chi connectivity index (χ2n) is 6.96. The van der Waals surface area contributed by atoms with Crippen molar-refractivity contribution in [1.29, 1.82) is 0 Å². The topological polar surface area (TPSA) is 80.3 Å². The van der Waals surface area contributed by atoms with E-state index in [0.29, 0.717) is 27.7 Å². The van der Waals surface area contributed by atoms with Gasteiger partial charge in [-0.05, 0) is 42.3 Å². The van der Waals surface area contributed by atoms with Gasteiger partial charge in [0.05, 0.1) is 12.8 Å². The van der Waals surface area contributed by atoms with Crippen molar-refractivity contribution in [2.45, 2.75) is 19.9 Å². The van der Waals surface area contributed by atoms with E-state index in [1.54, 1.807) is 48.9 Å². The van der Waals surface area contributed by atoms with Gasteiger partial charge in [-0.2, -0.15) is 0 Å². The summed E-state index contributed by atoms with van der Waals surface area (Å²) in [5, 5.41) is 7.63. The quantitative estimate of drug-likeness (QED) is 0.587. The number of thiazole rings is 1. The Morgan fingerprint density at radius 2 is 1.87 bits per heavy atom. The van der Waals surface area contributed by atoms with E-state index in [4.69, 9.17) is 4.74 Å². The molecule has 0 saturated carbocycles. The van der Waals surface area contributed by atoms with Crippen molar-refractivity contribution in [3.8, 4) is 17.0 Å². The zero-order valence-electron chi connectivity index (χ0n) is 16.8. The van der Waals surface area contributed by atoms with Gasteiger partial charge < -0.3 is 15.4 Å². The van der Waals surface area contributed by atoms with Crippen LogP contribution in [0.15, 0.2) is 53.9 Å². The fraction of sp³-hybridized carbons (Fsp3) is 0.227. The van der Waals surface area contributed by atoms with E-state index in [9.17, 15) is 14.0 Å². The van der Waals surface area contributed by atoms with E-state index in [1.165, 1.54) is 23.5 Å². The summed E-state index contributed by atoms with van der Waals surface area (Å²) in [5.41, 5.74) is 1.62. The third-order valence-corrected chi connectivity index (χ3v) is 5.20. The fourth-order valence-corrected chi connectivity index (χ4v) is 3.52. The van der Waals surface area contributed by atoms with Crippen molar-refractivity contribution < 1.29 is 18.7 Å². The number of carbonyl (C=O) groups is 2. The molecular weight excluding hydrogens is 405 g/mol. The first-order valence-electron chi connectivity index (χ1n) is 9.34. The molecule has 1 unspecified atom stereocenters. The van der Waals surface area contributed by atoms with Crippen LogP contribution in [0.2, 0.25) is 0 Å². The van der Waals surface area contributed by atoms with Gasteiger partial charge >= 0.3 is 0 Å². The average Bonchev–Trinajstić information content (AvgIpc) is 3.20. The fourth-order valence-electron chi connectivity index (χ4n) is 2.80. The molecule has 0 aliphatic heterocycles. The number of hydrogen-bond acceptors (Lipinski definition) is 5. The van der Waals surface area contributed by atoms with Gasteiger partial charge in [0.1, 0.15) is 17.6 Å². The lowest BCUT2D eigenvalue weighted by atomic mass is 10.0. The third kappa shape index (κ3) is 5.21. The minimum absolute atomic E-state index is 0.144. The van der Waals surface area contributed by atoms with E-state index in [2.05, 4.69) is 15.6 Å². The summed E-state index contributed by atoms with van der Waals surface area (Å²) >= 11 is 1.23. The standard InChI is InChI=1S/C22H22FN3O3S/c1-13(2)19(25-20(27)14-7-9-17(29-3)10-8-14)21(28)26-22-24-18(12-30-22)15-5-4-6-16(23)11-15/h4-13,19H,1-3H3,(H,25,27)(H,24,26,28). The molecule has 3 rings (SSSR count). The van der Waals surface area contributed by atoms with Crippen LogP contribution in [0.3, 0.4) is 0 Å². The summed E-state index contributed by atoms with van der Waals surface area (Å²) in [7, 11) is 1.55. The van der Waals surface area contributed by atoms with Crippen LogP contribution in [0, 0.1) is 11.7 Å². The molecule has 0 bridgehead atoms. The number of hydrogen-bond donors (Lipinski definition) is 2. The van der Waals surface area contributed by atoms with Gasteiger partial charge in [-0.1, -0.05) is 26.0 Å². The van der Waals surface area contributed by atoms with Crippen LogP contribution >= 0.6 is 11.3 Å². The lowest BCUT2D eigenvalue weighted by Crippen LogP contribution is -2.47. The monoisotopic (exact) mass is 427 g/mol. The van der Waals surface area contributed by atoms with Crippen molar-refractivity contribution >= 4 is 28.3 Å². The minimum Gasteiger partial charge on any atom is -0.497 e. The third-order valence-electron chi connectivity index (χ3n) is 4.44. The Balaban J connectivity index is 1.69. The first-order valence-corrected chi connectivity index (χ1v) is 10.2. The van der Waals surface area contributed by atoms with Crippen molar-refractivity contribution in [2.24, 2.45) is 5.92 Å². The van der Waals surface area contributed by atoms with Crippen LogP contribution in [0.4, 0.5) is 9.52 Å². The molecule has 0 fully saturated rings. The molecule has 0 radical (unpaired) electrons. The first-order chi connectivity index (χ1) is 14.4. The maximum atomic E-state index is 13.4. The number of methoxy groups -OCH3 is 1. The van der Waals surface area contributed by atoms with Gasteiger partial charge in [-0.3, -0.25) is 9.59 Å². The van der Waals surface area contributed by atoms with Gasteiger partial charge in [0.25, 0.3) is 5.91 Å². The number of aromatic nitrogens is 1. The Kier molecular flexibility index (Phi) is 6.79. The zero-order valence-corrected chi connectivity index (χ0v) is 17.6. The van der Waals surface area contributed by atoms with E-state index in [0.717, 1.165) is 0 Å². The molecule has 2 aromatic carbocycles. The predicted octanol–water partition coefficient (Wildman–Crippen LogP) is 4.35. The van der Waals surface area contributed by atoms with E-state index >= 15 is 0 Å². The van der Waals surface area contributed by atoms with E-state index in [-0.39, 0.29) is 23.5 Å². The summed E-state index contributed by atoms with van der Waals surface area (Å²) in [5.74, 6) is -0.581. The minimum atomic E-state index is -0.749. The summed E-state index contributed by atoms with van der Waals surface area (Å²) in [4.78, 5) is 29.7. The molecule has 0 spiro atoms. The molecule has 2 N–H and O–H groups in total. The molecular formula is C22H22FN3O3S. The predicted molar refractivity (Wildman–Crippen MR) is 115 cm³/mol. The summed E-state index contributed by atoms with van der Waals surface area (Å²) in [6.07, 6.45) is 0. The molecule has 8 heteroatoms. The van der Waals surface area contributed by atoms with E-state index in [1.807, 2.05) is 13.8 Å². The number of benzene rings is 2. The molecule has 1 heterocycles. The highest BCUT2D eigenvalue weighted by Crippen LogP contribution is 2.25. The van der Waals surface area contributed by atoms with Crippen molar-refractivity contribution in [3.05, 3.63) is 65.3 Å². The average molecular weight is 428 g/mol. The normalized spacial score (nSPS) is 11.8. The molecule has 0 saturated heterocycles. The SMILES string of the molecule is COc1ccc(C(=O)NC(C(=O)Nc2nc(-c3cccc(F)c3)cs2)C(C)C)cc1. The molecule has 2 amide bonds. The van der Waals surface area contributed by atoms with Gasteiger partial charge in [0, 0.05) is 16.5 Å². The first kappa shape index (κ1) is 21.4. The van der Waals surface area contributed by atoms with Crippen LogP contribution in [0.5, 0.6) is 5.75 Å². The molecule has 1 atom stereocenters. The Morgan fingerprint density at radius 1 is 1.13 bits per heavy atom. The van der Waals surface area contributed by atoms with Crippen LogP contribution in [0.1, 0.15) is 24.2 Å². The van der Waals surface area contributed by atoms with Gasteiger partial charge in [0.15, 0.2) is 5.13 Å². The number of carbonyl (C=O) groups excluding carboxylic acids is 2. The highest BCUT2D eigenvalue weighted by molar-refractivity contribution is 7.14. The van der Waals surface area contributed by atoms with Crippen molar-refractivity contribution in [1.82, 2.24) is 10.3 Å². The van der Waals surface area contributed by atoms with E-state index < -0.39 is 6.04 Å². The largest absolute Gasteiger partial charge is 0.497 e. The smallest absolute Gasteiger partial charge is 0.251 e. The lowest BCUT2D eigenvalue weighted by Gasteiger charge is -2.21. The summed E-state index contributed by atoms with van der Waals surface area (Å²) < 4.78 is 18.5. The highest BCUT2D eigenvalue weighted by atomic mass is 32.1. The Hall–Kier alpha value is -3.26. The van der Waals surface area contributed by atoms with Crippen LogP contribution in [0.25, 0.3) is 11.3 Å². The second-order valence-corrected chi connectivity index (χ2v) is 7.82. The molecule has 6 nitrogen and oxygen atoms in total. The van der Waals surface area contributed by atoms with Crippen LogP contribution in [-0.4, -0.2) is 29.9 Å². The van der Waals surface area contributed by atoms with Crippen molar-refractivity contribution in [2.75, 3.05) is 12.4 Å². The number of amides is 2.